The van der Waals surface area contributed by atoms with E-state index in [1.165, 1.54) is 0 Å². The van der Waals surface area contributed by atoms with E-state index in [4.69, 9.17) is 4.74 Å². The lowest BCUT2D eigenvalue weighted by molar-refractivity contribution is -0.129. The molecular formula is C17H19N3O2. The van der Waals surface area contributed by atoms with Gasteiger partial charge in [0.15, 0.2) is 0 Å². The molecule has 0 saturated carbocycles. The number of amides is 1. The van der Waals surface area contributed by atoms with E-state index in [0.717, 1.165) is 24.1 Å². The fourth-order valence-electron chi connectivity index (χ4n) is 2.53. The van der Waals surface area contributed by atoms with Gasteiger partial charge in [0, 0.05) is 37.6 Å². The smallest absolute Gasteiger partial charge is 0.227 e. The maximum absolute atomic E-state index is 12.3. The van der Waals surface area contributed by atoms with Gasteiger partial charge in [-0.05, 0) is 24.1 Å². The van der Waals surface area contributed by atoms with Crippen LogP contribution in [0.2, 0.25) is 0 Å². The molecule has 22 heavy (non-hydrogen) atoms. The number of hydrogen-bond donors (Lipinski definition) is 0. The summed E-state index contributed by atoms with van der Waals surface area (Å²) in [6, 6.07) is 7.62. The molecule has 0 radical (unpaired) electrons. The third kappa shape index (κ3) is 3.61. The van der Waals surface area contributed by atoms with Crippen molar-refractivity contribution < 1.29 is 9.53 Å². The summed E-state index contributed by atoms with van der Waals surface area (Å²) in [5, 5.41) is 0. The summed E-state index contributed by atoms with van der Waals surface area (Å²) in [6.45, 7) is 3.34. The summed E-state index contributed by atoms with van der Waals surface area (Å²) < 4.78 is 5.84. The molecule has 2 aromatic heterocycles. The molecule has 1 fully saturated rings. The Balaban J connectivity index is 1.53. The maximum atomic E-state index is 12.3. The number of carbonyl (C=O) groups excluding carboxylic acids is 1. The number of likely N-dealkylation sites (tertiary alicyclic amines) is 1. The van der Waals surface area contributed by atoms with Crippen LogP contribution >= 0.6 is 0 Å². The largest absolute Gasteiger partial charge is 0.472 e. The number of hydrogen-bond acceptors (Lipinski definition) is 4. The molecule has 5 heteroatoms. The average molecular weight is 297 g/mol. The minimum absolute atomic E-state index is 0.0213. The Kier molecular flexibility index (Phi) is 4.32. The molecule has 1 amide bonds. The minimum Gasteiger partial charge on any atom is -0.472 e. The number of aryl methyl sites for hydroxylation is 1. The summed E-state index contributed by atoms with van der Waals surface area (Å²) >= 11 is 0. The SMILES string of the molecule is Cc1ccc(O[C@H]2CCN(C(=O)Cc3cccnc3)C2)nc1. The van der Waals surface area contributed by atoms with Crippen LogP contribution in [-0.2, 0) is 11.2 Å². The van der Waals surface area contributed by atoms with Crippen LogP contribution in [0.1, 0.15) is 17.5 Å². The zero-order valence-corrected chi connectivity index (χ0v) is 12.6. The molecule has 1 aliphatic rings. The molecule has 1 saturated heterocycles. The van der Waals surface area contributed by atoms with Crippen molar-refractivity contribution in [1.82, 2.24) is 14.9 Å². The Hall–Kier alpha value is -2.43. The van der Waals surface area contributed by atoms with E-state index in [9.17, 15) is 4.79 Å². The van der Waals surface area contributed by atoms with Gasteiger partial charge in [-0.15, -0.1) is 0 Å². The van der Waals surface area contributed by atoms with Crippen molar-refractivity contribution in [3.8, 4) is 5.88 Å². The summed E-state index contributed by atoms with van der Waals surface area (Å²) in [5.74, 6) is 0.744. The summed E-state index contributed by atoms with van der Waals surface area (Å²) in [6.07, 6.45) is 6.49. The number of pyridine rings is 2. The second-order valence-electron chi connectivity index (χ2n) is 5.58. The molecule has 114 valence electrons. The highest BCUT2D eigenvalue weighted by atomic mass is 16.5. The Morgan fingerprint density at radius 2 is 2.27 bits per heavy atom. The molecule has 5 nitrogen and oxygen atoms in total. The standard InChI is InChI=1S/C17H19N3O2/c1-13-4-5-16(19-10-13)22-15-6-8-20(12-15)17(21)9-14-3-2-7-18-11-14/h2-5,7,10-11,15H,6,8-9,12H2,1H3/t15-/m0/s1. The van der Waals surface area contributed by atoms with Crippen molar-refractivity contribution in [3.05, 3.63) is 54.0 Å². The van der Waals surface area contributed by atoms with Gasteiger partial charge in [-0.3, -0.25) is 9.78 Å². The molecule has 3 heterocycles. The number of ether oxygens (including phenoxy) is 1. The van der Waals surface area contributed by atoms with Crippen LogP contribution < -0.4 is 4.74 Å². The molecule has 0 spiro atoms. The van der Waals surface area contributed by atoms with Crippen molar-refractivity contribution in [2.45, 2.75) is 25.9 Å². The Morgan fingerprint density at radius 3 is 3.00 bits per heavy atom. The van der Waals surface area contributed by atoms with Crippen LogP contribution in [-0.4, -0.2) is 40.0 Å². The predicted molar refractivity (Wildman–Crippen MR) is 82.5 cm³/mol. The van der Waals surface area contributed by atoms with Crippen LogP contribution in [0.4, 0.5) is 0 Å². The molecule has 0 unspecified atom stereocenters. The van der Waals surface area contributed by atoms with Gasteiger partial charge < -0.3 is 9.64 Å². The third-order valence-corrected chi connectivity index (χ3v) is 3.75. The molecule has 2 aromatic rings. The monoisotopic (exact) mass is 297 g/mol. The van der Waals surface area contributed by atoms with Gasteiger partial charge in [-0.25, -0.2) is 4.98 Å². The first-order valence-electron chi connectivity index (χ1n) is 7.47. The molecule has 0 aliphatic carbocycles. The molecule has 3 rings (SSSR count). The van der Waals surface area contributed by atoms with E-state index in [2.05, 4.69) is 9.97 Å². The van der Waals surface area contributed by atoms with Crippen LogP contribution in [0.15, 0.2) is 42.9 Å². The molecule has 0 bridgehead atoms. The van der Waals surface area contributed by atoms with Crippen LogP contribution in [0.3, 0.4) is 0 Å². The Morgan fingerprint density at radius 1 is 1.36 bits per heavy atom. The molecular weight excluding hydrogens is 278 g/mol. The van der Waals surface area contributed by atoms with Gasteiger partial charge in [0.2, 0.25) is 11.8 Å². The van der Waals surface area contributed by atoms with E-state index in [0.29, 0.717) is 18.8 Å². The number of aromatic nitrogens is 2. The van der Waals surface area contributed by atoms with E-state index in [1.54, 1.807) is 18.6 Å². The highest BCUT2D eigenvalue weighted by molar-refractivity contribution is 5.79. The van der Waals surface area contributed by atoms with Crippen LogP contribution in [0.5, 0.6) is 5.88 Å². The first-order valence-corrected chi connectivity index (χ1v) is 7.47. The minimum atomic E-state index is 0.0213. The van der Waals surface area contributed by atoms with Crippen molar-refractivity contribution in [3.63, 3.8) is 0 Å². The van der Waals surface area contributed by atoms with Gasteiger partial charge in [0.05, 0.1) is 13.0 Å². The van der Waals surface area contributed by atoms with Crippen LogP contribution in [0.25, 0.3) is 0 Å². The van der Waals surface area contributed by atoms with Crippen molar-refractivity contribution in [1.29, 1.82) is 0 Å². The van der Waals surface area contributed by atoms with Gasteiger partial charge in [0.25, 0.3) is 0 Å². The number of nitrogens with zero attached hydrogens (tertiary/aromatic N) is 3. The van der Waals surface area contributed by atoms with Crippen molar-refractivity contribution in [2.75, 3.05) is 13.1 Å². The van der Waals surface area contributed by atoms with Crippen LogP contribution in [0, 0.1) is 6.92 Å². The topological polar surface area (TPSA) is 55.3 Å². The molecule has 0 N–H and O–H groups in total. The second-order valence-corrected chi connectivity index (χ2v) is 5.58. The van der Waals surface area contributed by atoms with Crippen molar-refractivity contribution >= 4 is 5.91 Å². The van der Waals surface area contributed by atoms with Gasteiger partial charge in [-0.2, -0.15) is 0 Å². The lowest BCUT2D eigenvalue weighted by Gasteiger charge is -2.17. The second kappa shape index (κ2) is 6.56. The number of carbonyl (C=O) groups is 1. The fraction of sp³-hybridized carbons (Fsp3) is 0.353. The quantitative estimate of drug-likeness (QED) is 0.866. The Bertz CT molecular complexity index is 628. The molecule has 0 aromatic carbocycles. The van der Waals surface area contributed by atoms with Gasteiger partial charge in [0.1, 0.15) is 6.10 Å². The van der Waals surface area contributed by atoms with Gasteiger partial charge in [-0.1, -0.05) is 12.1 Å². The molecule has 1 aliphatic heterocycles. The lowest BCUT2D eigenvalue weighted by Crippen LogP contribution is -2.32. The van der Waals surface area contributed by atoms with E-state index in [1.807, 2.05) is 36.1 Å². The van der Waals surface area contributed by atoms with Gasteiger partial charge >= 0.3 is 0 Å². The van der Waals surface area contributed by atoms with Crippen molar-refractivity contribution in [2.24, 2.45) is 0 Å². The van der Waals surface area contributed by atoms with E-state index < -0.39 is 0 Å². The predicted octanol–water partition coefficient (Wildman–Crippen LogP) is 2.01. The fourth-order valence-corrected chi connectivity index (χ4v) is 2.53. The Labute approximate surface area is 130 Å². The first kappa shape index (κ1) is 14.5. The van der Waals surface area contributed by atoms with E-state index >= 15 is 0 Å². The average Bonchev–Trinajstić information content (AvgIpc) is 2.99. The lowest BCUT2D eigenvalue weighted by atomic mass is 10.2. The molecule has 1 atom stereocenters. The highest BCUT2D eigenvalue weighted by Gasteiger charge is 2.27. The highest BCUT2D eigenvalue weighted by Crippen LogP contribution is 2.17. The summed E-state index contributed by atoms with van der Waals surface area (Å²) in [7, 11) is 0. The first-order chi connectivity index (χ1) is 10.7. The van der Waals surface area contributed by atoms with E-state index in [-0.39, 0.29) is 12.0 Å². The third-order valence-electron chi connectivity index (χ3n) is 3.75. The maximum Gasteiger partial charge on any atom is 0.227 e. The normalized spacial score (nSPS) is 17.5. The zero-order chi connectivity index (χ0) is 15.4. The summed E-state index contributed by atoms with van der Waals surface area (Å²) in [4.78, 5) is 22.4. The zero-order valence-electron chi connectivity index (χ0n) is 12.6. The number of rotatable bonds is 4. The summed E-state index contributed by atoms with van der Waals surface area (Å²) in [5.41, 5.74) is 2.05.